The van der Waals surface area contributed by atoms with Gasteiger partial charge in [-0.3, -0.25) is 4.98 Å². The molecule has 0 radical (unpaired) electrons. The van der Waals surface area contributed by atoms with Crippen LogP contribution in [0.5, 0.6) is 11.5 Å². The van der Waals surface area contributed by atoms with Crippen molar-refractivity contribution in [3.63, 3.8) is 0 Å². The van der Waals surface area contributed by atoms with E-state index in [1.54, 1.807) is 12.4 Å². The van der Waals surface area contributed by atoms with Crippen LogP contribution < -0.4 is 15.2 Å². The number of halogens is 1. The highest BCUT2D eigenvalue weighted by Gasteiger charge is 2.26. The van der Waals surface area contributed by atoms with Crippen LogP contribution in [-0.2, 0) is 0 Å². The van der Waals surface area contributed by atoms with Crippen molar-refractivity contribution < 1.29 is 9.47 Å². The van der Waals surface area contributed by atoms with Crippen molar-refractivity contribution >= 4 is 39.4 Å². The monoisotopic (exact) mass is 510 g/mol. The average molecular weight is 511 g/mol. The summed E-state index contributed by atoms with van der Waals surface area (Å²) in [5.41, 5.74) is 10.9. The maximum absolute atomic E-state index is 6.37. The van der Waals surface area contributed by atoms with Crippen LogP contribution in [0.3, 0.4) is 0 Å². The van der Waals surface area contributed by atoms with Gasteiger partial charge in [0.25, 0.3) is 0 Å². The number of nitrogens with two attached hydrogens (primary N) is 1. The van der Waals surface area contributed by atoms with E-state index in [9.17, 15) is 0 Å². The molecule has 182 valence electrons. The molecule has 10 nitrogen and oxygen atoms in total. The van der Waals surface area contributed by atoms with E-state index >= 15 is 0 Å². The van der Waals surface area contributed by atoms with E-state index in [0.717, 1.165) is 27.8 Å². The van der Waals surface area contributed by atoms with Crippen LogP contribution in [0.25, 0.3) is 38.9 Å². The number of ether oxygens (including phenoxy) is 2. The van der Waals surface area contributed by atoms with Crippen LogP contribution >= 0.6 is 11.6 Å². The lowest BCUT2D eigenvalue weighted by atomic mass is 10.1. The van der Waals surface area contributed by atoms with E-state index in [2.05, 4.69) is 15.0 Å². The zero-order valence-electron chi connectivity index (χ0n) is 19.5. The summed E-state index contributed by atoms with van der Waals surface area (Å²) in [5.74, 6) is 1.69. The summed E-state index contributed by atoms with van der Waals surface area (Å²) in [6.07, 6.45) is 4.93. The largest absolute Gasteiger partial charge is 0.454 e. The maximum Gasteiger partial charge on any atom is 0.231 e. The first kappa shape index (κ1) is 21.6. The molecule has 11 heteroatoms. The lowest BCUT2D eigenvalue weighted by Gasteiger charge is -2.11. The predicted molar refractivity (Wildman–Crippen MR) is 139 cm³/mol. The lowest BCUT2D eigenvalue weighted by molar-refractivity contribution is 0.174. The molecule has 37 heavy (non-hydrogen) atoms. The minimum absolute atomic E-state index is 0.187. The molecule has 6 aromatic rings. The van der Waals surface area contributed by atoms with E-state index in [1.807, 2.05) is 64.8 Å². The van der Waals surface area contributed by atoms with Gasteiger partial charge in [-0.05, 0) is 55.5 Å². The third-order valence-corrected chi connectivity index (χ3v) is 6.72. The Morgan fingerprint density at radius 3 is 2.78 bits per heavy atom. The Morgan fingerprint density at radius 1 is 1.03 bits per heavy atom. The number of benzene rings is 2. The van der Waals surface area contributed by atoms with Crippen LogP contribution in [0.4, 0.5) is 5.82 Å². The molecule has 0 saturated heterocycles. The molecule has 0 saturated carbocycles. The highest BCUT2D eigenvalue weighted by molar-refractivity contribution is 6.31. The summed E-state index contributed by atoms with van der Waals surface area (Å²) < 4.78 is 14.7. The second-order valence-corrected chi connectivity index (χ2v) is 9.10. The van der Waals surface area contributed by atoms with Crippen molar-refractivity contribution in [3.05, 3.63) is 78.0 Å². The first-order valence-electron chi connectivity index (χ1n) is 11.6. The third-order valence-electron chi connectivity index (χ3n) is 6.49. The molecule has 2 aromatic carbocycles. The molecule has 1 aliphatic rings. The fourth-order valence-electron chi connectivity index (χ4n) is 4.72. The summed E-state index contributed by atoms with van der Waals surface area (Å²) in [6, 6.07) is 14.9. The molecule has 5 heterocycles. The van der Waals surface area contributed by atoms with Gasteiger partial charge in [-0.2, -0.15) is 10.2 Å². The minimum atomic E-state index is -0.304. The van der Waals surface area contributed by atoms with Crippen molar-refractivity contribution in [1.29, 1.82) is 0 Å². The fourth-order valence-corrected chi connectivity index (χ4v) is 4.89. The van der Waals surface area contributed by atoms with E-state index in [4.69, 9.17) is 37.0 Å². The van der Waals surface area contributed by atoms with Crippen LogP contribution in [0.2, 0.25) is 5.02 Å². The maximum atomic E-state index is 6.37. The van der Waals surface area contributed by atoms with Crippen molar-refractivity contribution in [3.8, 4) is 28.4 Å². The van der Waals surface area contributed by atoms with E-state index < -0.39 is 0 Å². The molecule has 0 bridgehead atoms. The number of pyridine rings is 1. The van der Waals surface area contributed by atoms with Gasteiger partial charge in [0.2, 0.25) is 6.79 Å². The molecule has 0 spiro atoms. The quantitative estimate of drug-likeness (QED) is 0.359. The number of aromatic nitrogens is 7. The molecule has 0 aliphatic carbocycles. The molecule has 7 rings (SSSR count). The average Bonchev–Trinajstić information content (AvgIpc) is 3.64. The lowest BCUT2D eigenvalue weighted by Crippen LogP contribution is -2.11. The Hall–Kier alpha value is -4.70. The Labute approximate surface area is 215 Å². The highest BCUT2D eigenvalue weighted by atomic mass is 35.5. The normalized spacial score (nSPS) is 13.5. The van der Waals surface area contributed by atoms with Crippen LogP contribution in [0.15, 0.2) is 67.3 Å². The predicted octanol–water partition coefficient (Wildman–Crippen LogP) is 4.80. The van der Waals surface area contributed by atoms with Crippen LogP contribution in [-0.4, -0.2) is 41.3 Å². The van der Waals surface area contributed by atoms with E-state index in [0.29, 0.717) is 39.1 Å². The van der Waals surface area contributed by atoms with Gasteiger partial charge in [-0.15, -0.1) is 0 Å². The van der Waals surface area contributed by atoms with Crippen molar-refractivity contribution in [2.45, 2.75) is 13.0 Å². The zero-order valence-corrected chi connectivity index (χ0v) is 20.3. The molecular formula is C26H19ClN8O2. The SMILES string of the molecule is CC(c1nn(-c2cccnc2)c2cc(Cl)ccc12)n1nc(-c2ccc3c(c2)OCO3)c2c(N)ncnc21. The number of nitrogens with zero attached hydrogens (tertiary/aromatic N) is 7. The van der Waals surface area contributed by atoms with Gasteiger partial charge in [-0.1, -0.05) is 11.6 Å². The fraction of sp³-hybridized carbons (Fsp3) is 0.115. The van der Waals surface area contributed by atoms with Gasteiger partial charge < -0.3 is 15.2 Å². The minimum Gasteiger partial charge on any atom is -0.454 e. The summed E-state index contributed by atoms with van der Waals surface area (Å²) in [5, 5.41) is 12.2. The second kappa shape index (κ2) is 8.17. The van der Waals surface area contributed by atoms with Crippen LogP contribution in [0, 0.1) is 0 Å². The smallest absolute Gasteiger partial charge is 0.231 e. The first-order valence-corrected chi connectivity index (χ1v) is 11.9. The number of hydrogen-bond acceptors (Lipinski definition) is 8. The van der Waals surface area contributed by atoms with Gasteiger partial charge in [-0.25, -0.2) is 19.3 Å². The summed E-state index contributed by atoms with van der Waals surface area (Å²) >= 11 is 6.37. The van der Waals surface area contributed by atoms with Gasteiger partial charge in [0.15, 0.2) is 17.1 Å². The Bertz CT molecular complexity index is 1810. The number of rotatable bonds is 4. The summed E-state index contributed by atoms with van der Waals surface area (Å²) in [4.78, 5) is 13.0. The highest BCUT2D eigenvalue weighted by Crippen LogP contribution is 2.39. The molecular weight excluding hydrogens is 492 g/mol. The Balaban J connectivity index is 1.43. The van der Waals surface area contributed by atoms with Gasteiger partial charge in [0, 0.05) is 22.2 Å². The van der Waals surface area contributed by atoms with E-state index in [-0.39, 0.29) is 12.8 Å². The number of nitrogen functional groups attached to an aromatic ring is 1. The van der Waals surface area contributed by atoms with Gasteiger partial charge in [0.05, 0.1) is 34.5 Å². The van der Waals surface area contributed by atoms with Gasteiger partial charge >= 0.3 is 0 Å². The Morgan fingerprint density at radius 2 is 1.92 bits per heavy atom. The topological polar surface area (TPSA) is 119 Å². The first-order chi connectivity index (χ1) is 18.1. The number of hydrogen-bond donors (Lipinski definition) is 1. The second-order valence-electron chi connectivity index (χ2n) is 8.66. The molecule has 1 atom stereocenters. The van der Waals surface area contributed by atoms with Crippen molar-refractivity contribution in [1.82, 2.24) is 34.5 Å². The molecule has 1 unspecified atom stereocenters. The molecule has 2 N–H and O–H groups in total. The van der Waals surface area contributed by atoms with E-state index in [1.165, 1.54) is 6.33 Å². The Kier molecular flexibility index (Phi) is 4.76. The molecule has 0 fully saturated rings. The number of fused-ring (bicyclic) bond motifs is 3. The standard InChI is InChI=1S/C26H19ClN8O2/c1-14(23-18-6-5-16(27)10-19(18)35(32-23)17-3-2-8-29-11-17)34-26-22(25(28)30-12-31-26)24(33-34)15-4-7-20-21(9-15)37-13-36-20/h2-12,14H,13H2,1H3,(H2,28,30,31). The van der Waals surface area contributed by atoms with Gasteiger partial charge in [0.1, 0.15) is 17.8 Å². The number of anilines is 1. The summed E-state index contributed by atoms with van der Waals surface area (Å²) in [6.45, 7) is 2.21. The molecule has 0 amide bonds. The molecule has 1 aliphatic heterocycles. The van der Waals surface area contributed by atoms with Crippen molar-refractivity contribution in [2.24, 2.45) is 0 Å². The zero-order chi connectivity index (χ0) is 25.1. The van der Waals surface area contributed by atoms with Crippen LogP contribution in [0.1, 0.15) is 18.7 Å². The summed E-state index contributed by atoms with van der Waals surface area (Å²) in [7, 11) is 0. The third kappa shape index (κ3) is 3.37. The van der Waals surface area contributed by atoms with Crippen molar-refractivity contribution in [2.75, 3.05) is 12.5 Å². The molecule has 4 aromatic heterocycles.